The molecule has 156 valence electrons. The van der Waals surface area contributed by atoms with Gasteiger partial charge in [0.25, 0.3) is 0 Å². The lowest BCUT2D eigenvalue weighted by molar-refractivity contribution is -0.141. The molecule has 2 rings (SSSR count). The highest BCUT2D eigenvalue weighted by atomic mass is 127. The van der Waals surface area contributed by atoms with Gasteiger partial charge in [0.1, 0.15) is 5.01 Å². The molecule has 4 nitrogen and oxygen atoms in total. The van der Waals surface area contributed by atoms with Gasteiger partial charge in [-0.05, 0) is 24.6 Å². The number of guanidine groups is 1. The average Bonchev–Trinajstić information content (AvgIpc) is 3.06. The number of rotatable bonds is 5. The molecule has 2 N–H and O–H groups in total. The van der Waals surface area contributed by atoms with Gasteiger partial charge >= 0.3 is 12.4 Å². The number of nitrogens with zero attached hydrogens (tertiary/aromatic N) is 2. The van der Waals surface area contributed by atoms with E-state index in [0.717, 1.165) is 28.8 Å². The minimum atomic E-state index is -4.50. The third kappa shape index (κ3) is 7.45. The number of alkyl halides is 6. The molecule has 0 amide bonds. The van der Waals surface area contributed by atoms with E-state index in [1.807, 2.05) is 0 Å². The number of halogens is 7. The molecular formula is C16H17F6IN4S. The van der Waals surface area contributed by atoms with Crippen molar-refractivity contribution in [2.24, 2.45) is 4.99 Å². The van der Waals surface area contributed by atoms with Crippen LogP contribution < -0.4 is 10.6 Å². The normalized spacial score (nSPS) is 12.5. The van der Waals surface area contributed by atoms with Crippen molar-refractivity contribution in [1.29, 1.82) is 0 Å². The molecule has 1 aromatic carbocycles. The first-order valence-corrected chi connectivity index (χ1v) is 8.67. The lowest BCUT2D eigenvalue weighted by Crippen LogP contribution is -2.36. The molecular weight excluding hydrogens is 521 g/mol. The van der Waals surface area contributed by atoms with Gasteiger partial charge in [-0.1, -0.05) is 12.1 Å². The van der Waals surface area contributed by atoms with E-state index in [4.69, 9.17) is 0 Å². The maximum atomic E-state index is 12.7. The van der Waals surface area contributed by atoms with E-state index >= 15 is 0 Å². The Bertz CT molecular complexity index is 788. The largest absolute Gasteiger partial charge is 0.434 e. The smallest absolute Gasteiger partial charge is 0.357 e. The van der Waals surface area contributed by atoms with Gasteiger partial charge in [0.15, 0.2) is 11.7 Å². The minimum Gasteiger partial charge on any atom is -0.357 e. The third-order valence-corrected chi connectivity index (χ3v) is 4.12. The van der Waals surface area contributed by atoms with Crippen LogP contribution in [0.15, 0.2) is 34.6 Å². The van der Waals surface area contributed by atoms with Crippen molar-refractivity contribution in [2.45, 2.75) is 32.4 Å². The maximum absolute atomic E-state index is 12.7. The van der Waals surface area contributed by atoms with Gasteiger partial charge in [-0.3, -0.25) is 0 Å². The van der Waals surface area contributed by atoms with E-state index in [1.165, 1.54) is 12.1 Å². The number of aliphatic imine (C=N–C) groups is 1. The second-order valence-electron chi connectivity index (χ2n) is 5.37. The van der Waals surface area contributed by atoms with Crippen LogP contribution in [-0.2, 0) is 25.4 Å². The Kier molecular flexibility index (Phi) is 8.98. The number of hydrogen-bond donors (Lipinski definition) is 2. The molecule has 0 fully saturated rings. The van der Waals surface area contributed by atoms with Crippen LogP contribution in [0.25, 0.3) is 0 Å². The summed E-state index contributed by atoms with van der Waals surface area (Å²) in [5.74, 6) is 0.263. The fourth-order valence-corrected chi connectivity index (χ4v) is 2.78. The lowest BCUT2D eigenvalue weighted by atomic mass is 10.1. The SMILES string of the molecule is CCNC(=NCc1cccc(C(F)(F)F)c1)NCc1nc(C(F)(F)F)cs1.I. The van der Waals surface area contributed by atoms with E-state index in [-0.39, 0.29) is 48.0 Å². The molecule has 0 aliphatic rings. The highest BCUT2D eigenvalue weighted by Crippen LogP contribution is 2.30. The van der Waals surface area contributed by atoms with Gasteiger partial charge in [-0.25, -0.2) is 9.98 Å². The van der Waals surface area contributed by atoms with Crippen LogP contribution in [0.2, 0.25) is 0 Å². The summed E-state index contributed by atoms with van der Waals surface area (Å²) in [5.41, 5.74) is -1.37. The zero-order chi connectivity index (χ0) is 20.1. The molecule has 0 spiro atoms. The molecule has 0 radical (unpaired) electrons. The van der Waals surface area contributed by atoms with Gasteiger partial charge in [0, 0.05) is 11.9 Å². The van der Waals surface area contributed by atoms with Crippen LogP contribution in [0, 0.1) is 0 Å². The molecule has 0 saturated carbocycles. The monoisotopic (exact) mass is 538 g/mol. The van der Waals surface area contributed by atoms with Gasteiger partial charge in [-0.15, -0.1) is 35.3 Å². The molecule has 0 aliphatic carbocycles. The zero-order valence-electron chi connectivity index (χ0n) is 14.5. The Labute approximate surface area is 178 Å². The Hall–Kier alpha value is -1.57. The number of thiazole rings is 1. The van der Waals surface area contributed by atoms with Crippen LogP contribution in [0.4, 0.5) is 26.3 Å². The number of nitrogens with one attached hydrogen (secondary N) is 2. The third-order valence-electron chi connectivity index (χ3n) is 3.27. The fourth-order valence-electron chi connectivity index (χ4n) is 2.04. The van der Waals surface area contributed by atoms with Crippen molar-refractivity contribution >= 4 is 41.3 Å². The summed E-state index contributed by atoms with van der Waals surface area (Å²) >= 11 is 0.854. The van der Waals surface area contributed by atoms with Crippen LogP contribution in [0.3, 0.4) is 0 Å². The maximum Gasteiger partial charge on any atom is 0.434 e. The zero-order valence-corrected chi connectivity index (χ0v) is 17.6. The summed E-state index contributed by atoms with van der Waals surface area (Å²) in [4.78, 5) is 7.65. The lowest BCUT2D eigenvalue weighted by Gasteiger charge is -2.11. The Morgan fingerprint density at radius 1 is 1.11 bits per heavy atom. The number of aromatic nitrogens is 1. The van der Waals surface area contributed by atoms with Crippen molar-refractivity contribution in [1.82, 2.24) is 15.6 Å². The molecule has 1 heterocycles. The highest BCUT2D eigenvalue weighted by Gasteiger charge is 2.33. The molecule has 12 heteroatoms. The van der Waals surface area contributed by atoms with Crippen molar-refractivity contribution in [3.05, 3.63) is 51.5 Å². The second-order valence-corrected chi connectivity index (χ2v) is 6.31. The van der Waals surface area contributed by atoms with Crippen LogP contribution in [0.1, 0.15) is 28.8 Å². The topological polar surface area (TPSA) is 49.3 Å². The summed E-state index contributed by atoms with van der Waals surface area (Å²) in [5, 5.41) is 6.83. The van der Waals surface area contributed by atoms with Crippen LogP contribution in [0.5, 0.6) is 0 Å². The first-order chi connectivity index (χ1) is 12.6. The van der Waals surface area contributed by atoms with E-state index in [0.29, 0.717) is 12.1 Å². The standard InChI is InChI=1S/C16H16F6N4S.HI/c1-2-23-14(25-8-13-26-12(9-27-13)16(20,21)22)24-7-10-4-3-5-11(6-10)15(17,18)19;/h3-6,9H,2,7-8H2,1H3,(H2,23,24,25);1H. The summed E-state index contributed by atoms with van der Waals surface area (Å²) in [6.45, 7) is 2.24. The van der Waals surface area contributed by atoms with Crippen LogP contribution >= 0.6 is 35.3 Å². The number of hydrogen-bond acceptors (Lipinski definition) is 3. The van der Waals surface area contributed by atoms with E-state index in [2.05, 4.69) is 20.6 Å². The average molecular weight is 538 g/mol. The van der Waals surface area contributed by atoms with Crippen molar-refractivity contribution in [3.8, 4) is 0 Å². The summed E-state index contributed by atoms with van der Waals surface area (Å²) in [6, 6.07) is 4.78. The first-order valence-electron chi connectivity index (χ1n) is 7.79. The van der Waals surface area contributed by atoms with Crippen LogP contribution in [-0.4, -0.2) is 17.5 Å². The molecule has 0 unspecified atom stereocenters. The van der Waals surface area contributed by atoms with Gasteiger partial charge in [-0.2, -0.15) is 26.3 Å². The molecule has 0 saturated heterocycles. The summed E-state index contributed by atoms with van der Waals surface area (Å²) in [6.07, 6.45) is -8.94. The molecule has 28 heavy (non-hydrogen) atoms. The highest BCUT2D eigenvalue weighted by molar-refractivity contribution is 14.0. The Balaban J connectivity index is 0.00000392. The van der Waals surface area contributed by atoms with E-state index in [1.54, 1.807) is 6.92 Å². The minimum absolute atomic E-state index is 0. The summed E-state index contributed by atoms with van der Waals surface area (Å²) < 4.78 is 75.9. The molecule has 1 aromatic heterocycles. The first kappa shape index (κ1) is 24.5. The van der Waals surface area contributed by atoms with E-state index < -0.39 is 23.6 Å². The molecule has 0 aliphatic heterocycles. The number of benzene rings is 1. The Morgan fingerprint density at radius 3 is 2.39 bits per heavy atom. The summed E-state index contributed by atoms with van der Waals surface area (Å²) in [7, 11) is 0. The molecule has 2 aromatic rings. The molecule has 0 atom stereocenters. The van der Waals surface area contributed by atoms with Gasteiger partial charge in [0.05, 0.1) is 18.7 Å². The fraction of sp³-hybridized carbons (Fsp3) is 0.375. The predicted molar refractivity (Wildman–Crippen MR) is 106 cm³/mol. The van der Waals surface area contributed by atoms with Crippen molar-refractivity contribution in [2.75, 3.05) is 6.54 Å². The van der Waals surface area contributed by atoms with E-state index in [9.17, 15) is 26.3 Å². The predicted octanol–water partition coefficient (Wildman–Crippen LogP) is 5.05. The van der Waals surface area contributed by atoms with Gasteiger partial charge < -0.3 is 10.6 Å². The van der Waals surface area contributed by atoms with Crippen molar-refractivity contribution in [3.63, 3.8) is 0 Å². The Morgan fingerprint density at radius 2 is 1.82 bits per heavy atom. The van der Waals surface area contributed by atoms with Gasteiger partial charge in [0.2, 0.25) is 0 Å². The quantitative estimate of drug-likeness (QED) is 0.243. The van der Waals surface area contributed by atoms with Crippen molar-refractivity contribution < 1.29 is 26.3 Å². The molecule has 0 bridgehead atoms. The second kappa shape index (κ2) is 10.3.